The van der Waals surface area contributed by atoms with Crippen molar-refractivity contribution < 1.29 is 14.3 Å². The van der Waals surface area contributed by atoms with E-state index in [0.29, 0.717) is 11.8 Å². The van der Waals surface area contributed by atoms with E-state index in [9.17, 15) is 9.59 Å². The number of pyridine rings is 1. The summed E-state index contributed by atoms with van der Waals surface area (Å²) in [7, 11) is 0. The molecule has 124 valence electrons. The van der Waals surface area contributed by atoms with Crippen molar-refractivity contribution in [3.8, 4) is 0 Å². The molecule has 1 amide bonds. The molecule has 24 heavy (non-hydrogen) atoms. The SMILES string of the molecule is C[C@@H]1CCN(C(=O)COC(=O)c2ccccn2)c2ccccc2S1. The first kappa shape index (κ1) is 16.5. The van der Waals surface area contributed by atoms with Crippen LogP contribution >= 0.6 is 11.8 Å². The fraction of sp³-hybridized carbons (Fsp3) is 0.278. The maximum Gasteiger partial charge on any atom is 0.357 e. The van der Waals surface area contributed by atoms with Crippen LogP contribution in [0.3, 0.4) is 0 Å². The second kappa shape index (κ2) is 7.49. The first-order chi connectivity index (χ1) is 11.6. The smallest absolute Gasteiger partial charge is 0.357 e. The second-order valence-corrected chi connectivity index (χ2v) is 7.00. The number of thioether (sulfide) groups is 1. The summed E-state index contributed by atoms with van der Waals surface area (Å²) in [6.07, 6.45) is 2.40. The van der Waals surface area contributed by atoms with Crippen LogP contribution in [0.25, 0.3) is 0 Å². The van der Waals surface area contributed by atoms with Crippen molar-refractivity contribution in [2.45, 2.75) is 23.5 Å². The number of ether oxygens (including phenoxy) is 1. The van der Waals surface area contributed by atoms with E-state index in [1.54, 1.807) is 34.9 Å². The highest BCUT2D eigenvalue weighted by Crippen LogP contribution is 2.37. The highest BCUT2D eigenvalue weighted by Gasteiger charge is 2.25. The van der Waals surface area contributed by atoms with Crippen LogP contribution in [-0.4, -0.2) is 35.3 Å². The van der Waals surface area contributed by atoms with Gasteiger partial charge in [0.15, 0.2) is 6.61 Å². The van der Waals surface area contributed by atoms with Crippen LogP contribution < -0.4 is 4.90 Å². The zero-order valence-corrected chi connectivity index (χ0v) is 14.2. The van der Waals surface area contributed by atoms with Gasteiger partial charge in [-0.3, -0.25) is 4.79 Å². The quantitative estimate of drug-likeness (QED) is 0.802. The molecule has 1 aromatic carbocycles. The normalized spacial score (nSPS) is 16.9. The number of carbonyl (C=O) groups is 2. The van der Waals surface area contributed by atoms with Crippen molar-refractivity contribution in [1.82, 2.24) is 4.98 Å². The minimum Gasteiger partial charge on any atom is -0.451 e. The number of amides is 1. The monoisotopic (exact) mass is 342 g/mol. The van der Waals surface area contributed by atoms with Crippen LogP contribution in [0, 0.1) is 0 Å². The van der Waals surface area contributed by atoms with E-state index in [1.807, 2.05) is 24.3 Å². The number of aromatic nitrogens is 1. The predicted octanol–water partition coefficient (Wildman–Crippen LogP) is 3.16. The summed E-state index contributed by atoms with van der Waals surface area (Å²) in [6, 6.07) is 12.8. The number of hydrogen-bond acceptors (Lipinski definition) is 5. The Morgan fingerprint density at radius 2 is 2.04 bits per heavy atom. The molecule has 5 nitrogen and oxygen atoms in total. The zero-order chi connectivity index (χ0) is 16.9. The Bertz CT molecular complexity index is 736. The van der Waals surface area contributed by atoms with E-state index in [2.05, 4.69) is 11.9 Å². The van der Waals surface area contributed by atoms with Crippen molar-refractivity contribution in [2.24, 2.45) is 0 Å². The molecule has 0 unspecified atom stereocenters. The fourth-order valence-electron chi connectivity index (χ4n) is 2.51. The van der Waals surface area contributed by atoms with Gasteiger partial charge in [-0.2, -0.15) is 0 Å². The van der Waals surface area contributed by atoms with Crippen molar-refractivity contribution in [3.63, 3.8) is 0 Å². The molecule has 6 heteroatoms. The van der Waals surface area contributed by atoms with Crippen LogP contribution in [0.2, 0.25) is 0 Å². The number of rotatable bonds is 3. The first-order valence-electron chi connectivity index (χ1n) is 7.79. The standard InChI is InChI=1S/C18H18N2O3S/c1-13-9-11-20(15-7-2-3-8-16(15)24-13)17(21)12-23-18(22)14-6-4-5-10-19-14/h2-8,10,13H,9,11-12H2,1H3/t13-/m1/s1. The maximum absolute atomic E-state index is 12.6. The predicted molar refractivity (Wildman–Crippen MR) is 93.3 cm³/mol. The van der Waals surface area contributed by atoms with Crippen LogP contribution in [0.4, 0.5) is 5.69 Å². The van der Waals surface area contributed by atoms with Gasteiger partial charge in [0.2, 0.25) is 0 Å². The molecule has 2 heterocycles. The van der Waals surface area contributed by atoms with Gasteiger partial charge in [0, 0.05) is 22.9 Å². The molecule has 1 aliphatic heterocycles. The van der Waals surface area contributed by atoms with Gasteiger partial charge in [0.1, 0.15) is 5.69 Å². The number of fused-ring (bicyclic) bond motifs is 1. The van der Waals surface area contributed by atoms with Crippen LogP contribution in [0.15, 0.2) is 53.6 Å². The van der Waals surface area contributed by atoms with Gasteiger partial charge in [-0.1, -0.05) is 25.1 Å². The topological polar surface area (TPSA) is 59.5 Å². The number of carbonyl (C=O) groups excluding carboxylic acids is 2. The Hall–Kier alpha value is -2.34. The van der Waals surface area contributed by atoms with E-state index in [1.165, 1.54) is 6.20 Å². The van der Waals surface area contributed by atoms with Gasteiger partial charge in [0.05, 0.1) is 5.69 Å². The Balaban J connectivity index is 1.70. The maximum atomic E-state index is 12.6. The van der Waals surface area contributed by atoms with Crippen molar-refractivity contribution in [1.29, 1.82) is 0 Å². The molecule has 3 rings (SSSR count). The van der Waals surface area contributed by atoms with E-state index in [-0.39, 0.29) is 18.2 Å². The third-order valence-corrected chi connectivity index (χ3v) is 4.98. The average molecular weight is 342 g/mol. The molecule has 2 aromatic rings. The van der Waals surface area contributed by atoms with Crippen LogP contribution in [0.5, 0.6) is 0 Å². The molecule has 0 fully saturated rings. The van der Waals surface area contributed by atoms with Crippen molar-refractivity contribution >= 4 is 29.3 Å². The number of hydrogen-bond donors (Lipinski definition) is 0. The highest BCUT2D eigenvalue weighted by atomic mass is 32.2. The van der Waals surface area contributed by atoms with E-state index in [4.69, 9.17) is 4.74 Å². The van der Waals surface area contributed by atoms with Gasteiger partial charge in [-0.05, 0) is 30.7 Å². The minimum atomic E-state index is -0.588. The third kappa shape index (κ3) is 3.76. The number of benzene rings is 1. The van der Waals surface area contributed by atoms with Gasteiger partial charge in [-0.15, -0.1) is 11.8 Å². The van der Waals surface area contributed by atoms with E-state index in [0.717, 1.165) is 17.0 Å². The average Bonchev–Trinajstić information content (AvgIpc) is 2.78. The molecule has 0 N–H and O–H groups in total. The van der Waals surface area contributed by atoms with E-state index < -0.39 is 5.97 Å². The van der Waals surface area contributed by atoms with Gasteiger partial charge in [-0.25, -0.2) is 9.78 Å². The lowest BCUT2D eigenvalue weighted by Crippen LogP contribution is -2.35. The largest absolute Gasteiger partial charge is 0.451 e. The summed E-state index contributed by atoms with van der Waals surface area (Å²) >= 11 is 1.76. The molecule has 1 aliphatic rings. The summed E-state index contributed by atoms with van der Waals surface area (Å²) in [5.74, 6) is -0.809. The summed E-state index contributed by atoms with van der Waals surface area (Å²) in [6.45, 7) is 2.48. The number of esters is 1. The lowest BCUT2D eigenvalue weighted by molar-refractivity contribution is -0.121. The molecule has 0 radical (unpaired) electrons. The summed E-state index contributed by atoms with van der Waals surface area (Å²) in [5.41, 5.74) is 1.08. The molecule has 0 aliphatic carbocycles. The minimum absolute atomic E-state index is 0.200. The Kier molecular flexibility index (Phi) is 5.15. The fourth-order valence-corrected chi connectivity index (χ4v) is 3.62. The van der Waals surface area contributed by atoms with E-state index >= 15 is 0 Å². The first-order valence-corrected chi connectivity index (χ1v) is 8.67. The molecular weight excluding hydrogens is 324 g/mol. The number of para-hydroxylation sites is 1. The molecule has 0 spiro atoms. The summed E-state index contributed by atoms with van der Waals surface area (Å²) < 4.78 is 5.13. The van der Waals surface area contributed by atoms with Gasteiger partial charge < -0.3 is 9.64 Å². The van der Waals surface area contributed by atoms with Crippen LogP contribution in [0.1, 0.15) is 23.8 Å². The highest BCUT2D eigenvalue weighted by molar-refractivity contribution is 8.00. The zero-order valence-electron chi connectivity index (χ0n) is 13.3. The molecule has 1 aromatic heterocycles. The lowest BCUT2D eigenvalue weighted by Gasteiger charge is -2.22. The Morgan fingerprint density at radius 3 is 2.83 bits per heavy atom. The van der Waals surface area contributed by atoms with Crippen molar-refractivity contribution in [2.75, 3.05) is 18.1 Å². The second-order valence-electron chi connectivity index (χ2n) is 5.52. The molecular formula is C18H18N2O3S. The molecule has 0 bridgehead atoms. The third-order valence-electron chi connectivity index (χ3n) is 3.75. The van der Waals surface area contributed by atoms with Gasteiger partial charge in [0.25, 0.3) is 5.91 Å². The summed E-state index contributed by atoms with van der Waals surface area (Å²) in [4.78, 5) is 31.2. The van der Waals surface area contributed by atoms with Gasteiger partial charge >= 0.3 is 5.97 Å². The number of anilines is 1. The Labute approximate surface area is 145 Å². The summed E-state index contributed by atoms with van der Waals surface area (Å²) in [5, 5.41) is 0.431. The molecule has 1 atom stereocenters. The molecule has 0 saturated heterocycles. The van der Waals surface area contributed by atoms with Crippen LogP contribution in [-0.2, 0) is 9.53 Å². The number of nitrogens with zero attached hydrogens (tertiary/aromatic N) is 2. The lowest BCUT2D eigenvalue weighted by atomic mass is 10.2. The Morgan fingerprint density at radius 1 is 1.25 bits per heavy atom. The molecule has 0 saturated carbocycles. The van der Waals surface area contributed by atoms with Crippen molar-refractivity contribution in [3.05, 3.63) is 54.4 Å².